The van der Waals surface area contributed by atoms with E-state index in [0.717, 1.165) is 27.0 Å². The van der Waals surface area contributed by atoms with Crippen molar-refractivity contribution in [1.29, 1.82) is 0 Å². The molecule has 1 fully saturated rings. The average molecular weight is 1200 g/mol. The second-order valence-electron chi connectivity index (χ2n) is 19.9. The molecule has 2 unspecified atom stereocenters. The Hall–Kier alpha value is -7.83. The van der Waals surface area contributed by atoms with Crippen LogP contribution in [0.15, 0.2) is 82.4 Å². The van der Waals surface area contributed by atoms with Crippen LogP contribution in [0.25, 0.3) is 16.6 Å². The SMILES string of the molecule is CC[C@](C=O)(OC(=O)N1CCN(C(=O)OCc2ccc(NC(=O)C(CCCNC)NC(=O)C(NC(=O)CCCCCN(C)C(=O)/C=C\C=O)C(C)C)cc2)CC1)C(/C=C1/c2nc3cccc(Br)c3cc2CN1C)=C(/C=O)COC.NC=O. The van der Waals surface area contributed by atoms with Gasteiger partial charge in [-0.2, -0.15) is 0 Å². The molecule has 0 spiro atoms. The van der Waals surface area contributed by atoms with E-state index in [2.05, 4.69) is 42.9 Å². The summed E-state index contributed by atoms with van der Waals surface area (Å²) >= 11 is 3.61. The number of carbonyl (C=O) groups excluding carboxylic acids is 10. The number of methoxy groups -OCH3 is 1. The van der Waals surface area contributed by atoms with Gasteiger partial charge in [0.25, 0.3) is 0 Å². The second kappa shape index (κ2) is 33.8. The molecule has 3 atom stereocenters. The van der Waals surface area contributed by atoms with E-state index in [1.165, 1.54) is 27.9 Å². The Kier molecular flexibility index (Phi) is 27.5. The summed E-state index contributed by atoms with van der Waals surface area (Å²) in [7, 11) is 6.71. The van der Waals surface area contributed by atoms with Crippen molar-refractivity contribution in [3.05, 3.63) is 99.2 Å². The van der Waals surface area contributed by atoms with Crippen molar-refractivity contribution in [3.63, 3.8) is 0 Å². The fraction of sp³-hybridized carbons (Fsp3) is 0.466. The third-order valence-electron chi connectivity index (χ3n) is 13.7. The average Bonchev–Trinajstić information content (AvgIpc) is 3.04. The number of ether oxygens (including phenoxy) is 3. The molecule has 2 aliphatic heterocycles. The molecule has 6 N–H and O–H groups in total. The summed E-state index contributed by atoms with van der Waals surface area (Å²) in [5.41, 5.74) is 6.60. The number of piperazine rings is 1. The molecule has 7 amide bonds. The van der Waals surface area contributed by atoms with Crippen molar-refractivity contribution in [3.8, 4) is 0 Å². The van der Waals surface area contributed by atoms with Crippen LogP contribution in [0.3, 0.4) is 0 Å². The molecule has 0 radical (unpaired) electrons. The fourth-order valence-electron chi connectivity index (χ4n) is 9.09. The van der Waals surface area contributed by atoms with Gasteiger partial charge in [-0.3, -0.25) is 38.4 Å². The van der Waals surface area contributed by atoms with Gasteiger partial charge < -0.3 is 60.8 Å². The van der Waals surface area contributed by atoms with Crippen LogP contribution in [0.1, 0.15) is 82.5 Å². The van der Waals surface area contributed by atoms with E-state index in [1.54, 1.807) is 65.2 Å². The van der Waals surface area contributed by atoms with E-state index < -0.39 is 41.7 Å². The van der Waals surface area contributed by atoms with Crippen molar-refractivity contribution >= 4 is 99.3 Å². The lowest BCUT2D eigenvalue weighted by Crippen LogP contribution is -2.54. The highest BCUT2D eigenvalue weighted by molar-refractivity contribution is 9.10. The normalized spacial score (nSPS) is 15.2. The first kappa shape index (κ1) is 66.7. The van der Waals surface area contributed by atoms with Crippen LogP contribution in [0.4, 0.5) is 15.3 Å². The van der Waals surface area contributed by atoms with Gasteiger partial charge in [-0.15, -0.1) is 0 Å². The van der Waals surface area contributed by atoms with Crippen molar-refractivity contribution in [2.45, 2.75) is 96.6 Å². The summed E-state index contributed by atoms with van der Waals surface area (Å²) < 4.78 is 18.0. The highest BCUT2D eigenvalue weighted by atomic mass is 79.9. The van der Waals surface area contributed by atoms with Crippen molar-refractivity contribution < 1.29 is 62.2 Å². The molecule has 1 aromatic heterocycles. The first-order chi connectivity index (χ1) is 39.3. The number of fused-ring (bicyclic) bond motifs is 2. The Labute approximate surface area is 486 Å². The standard InChI is InChI=1S/C57H74BrN9O12.CH3NO/c1-8-57(37-70,44(41(34-69)36-77-7)32-48-52-40(33-65(48)6)31-43-45(58)15-12-16-46(43)61-52)79-56(76)67-28-26-66(27-29-67)55(75)78-35-39-20-22-42(23-21-39)60-53(73)47(17-13-24-59-4)62-54(74)51(38(2)3)63-49(71)18-10-9-11-25-64(5)50(72)19-14-30-68;2-1-3/h12,14-16,19-23,30-32,34,37-38,47,51,59H,8-11,13,17-18,24-29,33,35-36H2,1-7H3,(H,60,73)(H,62,74)(H,63,71);1H,(H2,2,3)/b19-14-,44-41-,48-32-;/t47?,51?,57-;/m1./s1. The van der Waals surface area contributed by atoms with Gasteiger partial charge in [0.15, 0.2) is 11.9 Å². The number of aldehydes is 3. The topological polar surface area (TPSA) is 298 Å². The summed E-state index contributed by atoms with van der Waals surface area (Å²) in [6, 6.07) is 12.6. The summed E-state index contributed by atoms with van der Waals surface area (Å²) in [4.78, 5) is 136. The Balaban J connectivity index is 0.00000471. The first-order valence-electron chi connectivity index (χ1n) is 27.1. The van der Waals surface area contributed by atoms with Crippen LogP contribution in [-0.4, -0.2) is 177 Å². The maximum Gasteiger partial charge on any atom is 0.411 e. The molecule has 3 aromatic rings. The number of hydrogen-bond acceptors (Lipinski definition) is 16. The summed E-state index contributed by atoms with van der Waals surface area (Å²) in [5.74, 6) is -1.82. The van der Waals surface area contributed by atoms with Crippen LogP contribution in [-0.2, 0) is 65.7 Å². The fourth-order valence-corrected chi connectivity index (χ4v) is 9.56. The number of allylic oxidation sites excluding steroid dienone is 1. The van der Waals surface area contributed by atoms with Crippen LogP contribution >= 0.6 is 15.9 Å². The molecule has 0 saturated carbocycles. The van der Waals surface area contributed by atoms with E-state index in [4.69, 9.17) is 24.0 Å². The number of halogens is 1. The first-order valence-corrected chi connectivity index (χ1v) is 27.8. The number of unbranched alkanes of at least 4 members (excludes halogenated alkanes) is 2. The molecule has 0 bridgehead atoms. The number of primary amides is 1. The Morgan fingerprint density at radius 2 is 1.60 bits per heavy atom. The number of nitrogens with zero attached hydrogens (tertiary/aromatic N) is 5. The largest absolute Gasteiger partial charge is 0.445 e. The maximum atomic E-state index is 13.9. The van der Waals surface area contributed by atoms with Crippen LogP contribution < -0.4 is 27.0 Å². The molecule has 1 saturated heterocycles. The van der Waals surface area contributed by atoms with Crippen LogP contribution in [0.5, 0.6) is 0 Å². The molecule has 82 heavy (non-hydrogen) atoms. The maximum absolute atomic E-state index is 13.9. The Morgan fingerprint density at radius 1 is 0.915 bits per heavy atom. The third-order valence-corrected chi connectivity index (χ3v) is 14.4. The highest BCUT2D eigenvalue weighted by Gasteiger charge is 2.41. The van der Waals surface area contributed by atoms with Crippen molar-refractivity contribution in [2.75, 3.05) is 79.4 Å². The predicted molar refractivity (Wildman–Crippen MR) is 311 cm³/mol. The molecule has 24 heteroatoms. The Morgan fingerprint density at radius 3 is 2.21 bits per heavy atom. The minimum Gasteiger partial charge on any atom is -0.445 e. The number of rotatable bonds is 28. The minimum absolute atomic E-state index is 0.00613. The van der Waals surface area contributed by atoms with Crippen LogP contribution in [0.2, 0.25) is 0 Å². The van der Waals surface area contributed by atoms with E-state index in [-0.39, 0.29) is 87.5 Å². The lowest BCUT2D eigenvalue weighted by molar-refractivity contribution is -0.132. The number of anilines is 1. The molecule has 444 valence electrons. The van der Waals surface area contributed by atoms with Crippen molar-refractivity contribution in [2.24, 2.45) is 11.7 Å². The van der Waals surface area contributed by atoms with Gasteiger partial charge in [0.1, 0.15) is 31.3 Å². The number of benzene rings is 2. The van der Waals surface area contributed by atoms with Crippen LogP contribution in [0, 0.1) is 5.92 Å². The number of carbonyl (C=O) groups is 10. The lowest BCUT2D eigenvalue weighted by atomic mass is 9.87. The zero-order chi connectivity index (χ0) is 60.4. The van der Waals surface area contributed by atoms with Gasteiger partial charge in [0.2, 0.25) is 30.0 Å². The molecular formula is C58H77BrN10O13. The zero-order valence-corrected chi connectivity index (χ0v) is 49.3. The van der Waals surface area contributed by atoms with Crippen molar-refractivity contribution in [1.82, 2.24) is 40.5 Å². The predicted octanol–water partition coefficient (Wildman–Crippen LogP) is 4.80. The van der Waals surface area contributed by atoms with E-state index in [0.29, 0.717) is 93.2 Å². The number of likely N-dealkylation sites (N-methyl/N-ethyl adjacent to an activating group) is 1. The molecule has 3 heterocycles. The van der Waals surface area contributed by atoms with Gasteiger partial charge in [0.05, 0.1) is 23.5 Å². The molecule has 0 aliphatic carbocycles. The monoisotopic (exact) mass is 1200 g/mol. The summed E-state index contributed by atoms with van der Waals surface area (Å²) in [6.45, 7) is 6.96. The molecule has 2 aliphatic rings. The quantitative estimate of drug-likeness (QED) is 0.0370. The number of nitrogens with two attached hydrogens (primary N) is 1. The van der Waals surface area contributed by atoms with Gasteiger partial charge in [-0.05, 0) is 105 Å². The highest BCUT2D eigenvalue weighted by Crippen LogP contribution is 2.38. The summed E-state index contributed by atoms with van der Waals surface area (Å²) in [6.07, 6.45) is 7.42. The number of amides is 7. The third kappa shape index (κ3) is 19.1. The molecule has 2 aromatic carbocycles. The molecular weight excluding hydrogens is 1120 g/mol. The van der Waals surface area contributed by atoms with E-state index >= 15 is 0 Å². The van der Waals surface area contributed by atoms with Gasteiger partial charge in [-0.25, -0.2) is 14.6 Å². The smallest absolute Gasteiger partial charge is 0.411 e. The number of aromatic nitrogens is 1. The van der Waals surface area contributed by atoms with Gasteiger partial charge in [-0.1, -0.05) is 61.3 Å². The number of nitrogens with one attached hydrogen (secondary N) is 4. The van der Waals surface area contributed by atoms with Gasteiger partial charge >= 0.3 is 12.2 Å². The number of pyridine rings is 1. The molecule has 5 rings (SSSR count). The lowest BCUT2D eigenvalue weighted by Gasteiger charge is -2.37. The summed E-state index contributed by atoms with van der Waals surface area (Å²) in [5, 5.41) is 12.5. The second-order valence-corrected chi connectivity index (χ2v) is 20.8. The van der Waals surface area contributed by atoms with Gasteiger partial charge in [0, 0.05) is 99.7 Å². The minimum atomic E-state index is -1.89. The van der Waals surface area contributed by atoms with E-state index in [1.807, 2.05) is 36.2 Å². The Bertz CT molecular complexity index is 2820. The number of hydrogen-bond donors (Lipinski definition) is 5. The molecule has 23 nitrogen and oxygen atoms in total. The zero-order valence-electron chi connectivity index (χ0n) is 47.7. The van der Waals surface area contributed by atoms with E-state index in [9.17, 15) is 43.2 Å².